The summed E-state index contributed by atoms with van der Waals surface area (Å²) >= 11 is 1.26. The zero-order chi connectivity index (χ0) is 12.1. The van der Waals surface area contributed by atoms with Crippen molar-refractivity contribution < 1.29 is 9.59 Å². The summed E-state index contributed by atoms with van der Waals surface area (Å²) in [5, 5.41) is 7.27. The Bertz CT molecular complexity index is 412. The van der Waals surface area contributed by atoms with Crippen LogP contribution in [0.5, 0.6) is 0 Å². The molecule has 0 aliphatic rings. The van der Waals surface area contributed by atoms with Gasteiger partial charge in [0.25, 0.3) is 0 Å². The molecular formula is C10H13N3O2S. The molecule has 2 amide bonds. The smallest absolute Gasteiger partial charge is 0.248 e. The highest BCUT2D eigenvalue weighted by molar-refractivity contribution is 7.14. The predicted octanol–water partition coefficient (Wildman–Crippen LogP) is 1.86. The van der Waals surface area contributed by atoms with E-state index < -0.39 is 0 Å². The Hall–Kier alpha value is -1.69. The third kappa shape index (κ3) is 3.47. The maximum Gasteiger partial charge on any atom is 0.248 e. The maximum absolute atomic E-state index is 11.4. The van der Waals surface area contributed by atoms with Crippen molar-refractivity contribution in [3.63, 3.8) is 0 Å². The van der Waals surface area contributed by atoms with Crippen molar-refractivity contribution in [3.05, 3.63) is 18.0 Å². The second kappa shape index (κ2) is 5.41. The number of nitrogens with zero attached hydrogens (tertiary/aromatic N) is 1. The number of amides is 2. The Balaban J connectivity index is 2.61. The van der Waals surface area contributed by atoms with E-state index in [9.17, 15) is 9.59 Å². The zero-order valence-electron chi connectivity index (χ0n) is 9.11. The van der Waals surface area contributed by atoms with Gasteiger partial charge in [-0.15, -0.1) is 11.3 Å². The number of carbonyl (C=O) groups is 2. The molecule has 1 rings (SSSR count). The number of carbonyl (C=O) groups excluding carboxylic acids is 2. The number of rotatable bonds is 4. The Morgan fingerprint density at radius 2 is 2.19 bits per heavy atom. The lowest BCUT2D eigenvalue weighted by Crippen LogP contribution is -2.17. The summed E-state index contributed by atoms with van der Waals surface area (Å²) < 4.78 is 0. The molecule has 0 fully saturated rings. The first-order chi connectivity index (χ1) is 7.52. The highest BCUT2D eigenvalue weighted by Crippen LogP contribution is 2.19. The zero-order valence-corrected chi connectivity index (χ0v) is 9.93. The molecule has 0 unspecified atom stereocenters. The molecule has 0 aromatic carbocycles. The van der Waals surface area contributed by atoms with E-state index in [1.807, 2.05) is 0 Å². The lowest BCUT2D eigenvalue weighted by Gasteiger charge is -2.03. The van der Waals surface area contributed by atoms with E-state index in [0.29, 0.717) is 10.9 Å². The summed E-state index contributed by atoms with van der Waals surface area (Å²) in [6.07, 6.45) is 1.16. The minimum Gasteiger partial charge on any atom is -0.306 e. The van der Waals surface area contributed by atoms with E-state index in [-0.39, 0.29) is 17.7 Å². The molecule has 1 aromatic rings. The van der Waals surface area contributed by atoms with Crippen molar-refractivity contribution in [2.75, 3.05) is 10.6 Å². The van der Waals surface area contributed by atoms with E-state index in [4.69, 9.17) is 0 Å². The average molecular weight is 239 g/mol. The molecule has 0 bridgehead atoms. The largest absolute Gasteiger partial charge is 0.306 e. The third-order valence-electron chi connectivity index (χ3n) is 1.70. The van der Waals surface area contributed by atoms with Crippen molar-refractivity contribution in [1.29, 1.82) is 0 Å². The summed E-state index contributed by atoms with van der Waals surface area (Å²) in [6.45, 7) is 6.92. The standard InChI is InChI=1S/C10H13N3O2S/c1-4-8(14)11-7-5-16-10(12-7)13-9(15)6(2)3/h4-6H,1H2,2-3H3,(H,11,14)(H,12,13,15). The first kappa shape index (κ1) is 12.4. The molecule has 1 heterocycles. The van der Waals surface area contributed by atoms with Gasteiger partial charge in [0.05, 0.1) is 0 Å². The Morgan fingerprint density at radius 1 is 1.50 bits per heavy atom. The van der Waals surface area contributed by atoms with E-state index in [1.54, 1.807) is 19.2 Å². The fourth-order valence-corrected chi connectivity index (χ4v) is 1.46. The van der Waals surface area contributed by atoms with Gasteiger partial charge >= 0.3 is 0 Å². The van der Waals surface area contributed by atoms with Gasteiger partial charge in [-0.3, -0.25) is 9.59 Å². The van der Waals surface area contributed by atoms with E-state index >= 15 is 0 Å². The number of hydrogen-bond donors (Lipinski definition) is 2. The second-order valence-electron chi connectivity index (χ2n) is 3.38. The first-order valence-electron chi connectivity index (χ1n) is 4.72. The van der Waals surface area contributed by atoms with Crippen LogP contribution in [0.2, 0.25) is 0 Å². The summed E-state index contributed by atoms with van der Waals surface area (Å²) in [5.41, 5.74) is 0. The van der Waals surface area contributed by atoms with Crippen molar-refractivity contribution in [3.8, 4) is 0 Å². The van der Waals surface area contributed by atoms with E-state index in [1.165, 1.54) is 11.3 Å². The minimum atomic E-state index is -0.327. The first-order valence-corrected chi connectivity index (χ1v) is 5.60. The van der Waals surface area contributed by atoms with Gasteiger partial charge in [-0.25, -0.2) is 4.98 Å². The normalized spacial score (nSPS) is 9.94. The van der Waals surface area contributed by atoms with Crippen LogP contribution < -0.4 is 10.6 Å². The summed E-state index contributed by atoms with van der Waals surface area (Å²) in [6, 6.07) is 0. The average Bonchev–Trinajstić information content (AvgIpc) is 2.65. The fraction of sp³-hybridized carbons (Fsp3) is 0.300. The summed E-state index contributed by atoms with van der Waals surface area (Å²) in [5.74, 6) is -0.118. The third-order valence-corrected chi connectivity index (χ3v) is 2.45. The molecule has 0 atom stereocenters. The van der Waals surface area contributed by atoms with Gasteiger partial charge in [0.2, 0.25) is 11.8 Å². The Morgan fingerprint density at radius 3 is 2.75 bits per heavy atom. The quantitative estimate of drug-likeness (QED) is 0.788. The topological polar surface area (TPSA) is 71.1 Å². The molecule has 0 spiro atoms. The van der Waals surface area contributed by atoms with Gasteiger partial charge < -0.3 is 10.6 Å². The molecular weight excluding hydrogens is 226 g/mol. The van der Waals surface area contributed by atoms with Gasteiger partial charge in [-0.2, -0.15) is 0 Å². The highest BCUT2D eigenvalue weighted by atomic mass is 32.1. The van der Waals surface area contributed by atoms with Crippen molar-refractivity contribution in [2.45, 2.75) is 13.8 Å². The van der Waals surface area contributed by atoms with Crippen molar-refractivity contribution in [2.24, 2.45) is 5.92 Å². The van der Waals surface area contributed by atoms with Crippen LogP contribution >= 0.6 is 11.3 Å². The van der Waals surface area contributed by atoms with Gasteiger partial charge in [-0.05, 0) is 6.08 Å². The van der Waals surface area contributed by atoms with Crippen LogP contribution in [0.25, 0.3) is 0 Å². The predicted molar refractivity (Wildman–Crippen MR) is 64.4 cm³/mol. The molecule has 86 valence electrons. The molecule has 0 saturated heterocycles. The second-order valence-corrected chi connectivity index (χ2v) is 4.23. The van der Waals surface area contributed by atoms with Crippen LogP contribution in [0.3, 0.4) is 0 Å². The maximum atomic E-state index is 11.4. The molecule has 0 radical (unpaired) electrons. The molecule has 0 aliphatic heterocycles. The summed E-state index contributed by atoms with van der Waals surface area (Å²) in [4.78, 5) is 26.3. The lowest BCUT2D eigenvalue weighted by atomic mass is 10.2. The highest BCUT2D eigenvalue weighted by Gasteiger charge is 2.10. The number of hydrogen-bond acceptors (Lipinski definition) is 4. The monoisotopic (exact) mass is 239 g/mol. The lowest BCUT2D eigenvalue weighted by molar-refractivity contribution is -0.119. The molecule has 0 aliphatic carbocycles. The van der Waals surface area contributed by atoms with Crippen LogP contribution in [-0.4, -0.2) is 16.8 Å². The number of thiazole rings is 1. The number of nitrogens with one attached hydrogen (secondary N) is 2. The molecule has 16 heavy (non-hydrogen) atoms. The summed E-state index contributed by atoms with van der Waals surface area (Å²) in [7, 11) is 0. The fourth-order valence-electron chi connectivity index (χ4n) is 0.816. The Labute approximate surface area is 97.6 Å². The SMILES string of the molecule is C=CC(=O)Nc1csc(NC(=O)C(C)C)n1. The van der Waals surface area contributed by atoms with Crippen LogP contribution in [0.4, 0.5) is 10.9 Å². The van der Waals surface area contributed by atoms with Crippen molar-refractivity contribution in [1.82, 2.24) is 4.98 Å². The molecule has 1 aromatic heterocycles. The minimum absolute atomic E-state index is 0.101. The molecule has 0 saturated carbocycles. The van der Waals surface area contributed by atoms with E-state index in [2.05, 4.69) is 22.2 Å². The van der Waals surface area contributed by atoms with Crippen LogP contribution in [-0.2, 0) is 9.59 Å². The molecule has 2 N–H and O–H groups in total. The van der Waals surface area contributed by atoms with Gasteiger partial charge in [0.15, 0.2) is 5.13 Å². The van der Waals surface area contributed by atoms with E-state index in [0.717, 1.165) is 6.08 Å². The Kier molecular flexibility index (Phi) is 4.19. The van der Waals surface area contributed by atoms with Crippen LogP contribution in [0.15, 0.2) is 18.0 Å². The number of aromatic nitrogens is 1. The van der Waals surface area contributed by atoms with Crippen LogP contribution in [0.1, 0.15) is 13.8 Å². The van der Waals surface area contributed by atoms with Crippen molar-refractivity contribution >= 4 is 34.1 Å². The molecule has 6 heteroatoms. The molecule has 5 nitrogen and oxygen atoms in total. The van der Waals surface area contributed by atoms with Crippen LogP contribution in [0, 0.1) is 5.92 Å². The van der Waals surface area contributed by atoms with Gasteiger partial charge in [-0.1, -0.05) is 20.4 Å². The van der Waals surface area contributed by atoms with Gasteiger partial charge in [0, 0.05) is 11.3 Å². The number of anilines is 2. The van der Waals surface area contributed by atoms with Gasteiger partial charge in [0.1, 0.15) is 5.82 Å².